The van der Waals surface area contributed by atoms with Gasteiger partial charge in [-0.25, -0.2) is 8.42 Å². The molecule has 0 spiro atoms. The number of hydrogen-bond donors (Lipinski definition) is 1. The number of likely N-dealkylation sites (tertiary alicyclic amines) is 2. The zero-order valence-corrected chi connectivity index (χ0v) is 20.5. The lowest BCUT2D eigenvalue weighted by molar-refractivity contribution is -0.117. The molecule has 1 atom stereocenters. The number of rotatable bonds is 8. The molecule has 9 nitrogen and oxygen atoms in total. The van der Waals surface area contributed by atoms with Crippen LogP contribution >= 0.6 is 0 Å². The molecule has 0 saturated carbocycles. The molecule has 1 aromatic rings. The summed E-state index contributed by atoms with van der Waals surface area (Å²) < 4.78 is 38.8. The van der Waals surface area contributed by atoms with Crippen LogP contribution in [0.25, 0.3) is 0 Å². The van der Waals surface area contributed by atoms with E-state index < -0.39 is 10.0 Å². The van der Waals surface area contributed by atoms with Gasteiger partial charge in [-0.05, 0) is 64.4 Å². The van der Waals surface area contributed by atoms with E-state index in [1.807, 2.05) is 13.8 Å². The van der Waals surface area contributed by atoms with Gasteiger partial charge in [0.15, 0.2) is 0 Å². The highest BCUT2D eigenvalue weighted by atomic mass is 32.2. The van der Waals surface area contributed by atoms with Crippen molar-refractivity contribution in [2.24, 2.45) is 0 Å². The average molecular weight is 481 g/mol. The second-order valence-electron chi connectivity index (χ2n) is 9.31. The molecule has 33 heavy (non-hydrogen) atoms. The van der Waals surface area contributed by atoms with E-state index in [2.05, 4.69) is 15.1 Å². The maximum atomic E-state index is 13.1. The van der Waals surface area contributed by atoms with Crippen LogP contribution in [0.4, 0.5) is 5.69 Å². The van der Waals surface area contributed by atoms with Crippen LogP contribution in [-0.2, 0) is 19.6 Å². The van der Waals surface area contributed by atoms with Gasteiger partial charge in [-0.1, -0.05) is 0 Å². The Kier molecular flexibility index (Phi) is 7.91. The Hall–Kier alpha value is -1.72. The predicted molar refractivity (Wildman–Crippen MR) is 126 cm³/mol. The van der Waals surface area contributed by atoms with Gasteiger partial charge in [0.25, 0.3) is 0 Å². The summed E-state index contributed by atoms with van der Waals surface area (Å²) in [5, 5.41) is 2.92. The minimum Gasteiger partial charge on any atom is -0.489 e. The molecule has 3 saturated heterocycles. The van der Waals surface area contributed by atoms with Gasteiger partial charge in [0.2, 0.25) is 15.9 Å². The minimum atomic E-state index is -3.67. The summed E-state index contributed by atoms with van der Waals surface area (Å²) in [5.74, 6) is 0.308. The fourth-order valence-corrected chi connectivity index (χ4v) is 6.25. The zero-order chi connectivity index (χ0) is 23.4. The summed E-state index contributed by atoms with van der Waals surface area (Å²) in [6.07, 6.45) is 3.50. The van der Waals surface area contributed by atoms with Gasteiger partial charge in [-0.2, -0.15) is 4.31 Å². The molecule has 0 bridgehead atoms. The Balaban J connectivity index is 1.45. The van der Waals surface area contributed by atoms with Crippen molar-refractivity contribution in [3.63, 3.8) is 0 Å². The Morgan fingerprint density at radius 2 is 1.88 bits per heavy atom. The van der Waals surface area contributed by atoms with E-state index >= 15 is 0 Å². The molecular formula is C23H36N4O5S. The summed E-state index contributed by atoms with van der Waals surface area (Å²) in [7, 11) is -3.67. The molecule has 184 valence electrons. The number of carbonyl (C=O) groups excluding carboxylic acids is 1. The van der Waals surface area contributed by atoms with E-state index in [1.54, 1.807) is 12.1 Å². The summed E-state index contributed by atoms with van der Waals surface area (Å²) in [6, 6.07) is 5.21. The van der Waals surface area contributed by atoms with Crippen molar-refractivity contribution in [2.75, 3.05) is 64.3 Å². The molecule has 0 radical (unpaired) electrons. The van der Waals surface area contributed by atoms with Crippen LogP contribution < -0.4 is 10.1 Å². The van der Waals surface area contributed by atoms with E-state index in [0.717, 1.165) is 32.6 Å². The molecule has 1 N–H and O–H groups in total. The topological polar surface area (TPSA) is 91.4 Å². The largest absolute Gasteiger partial charge is 0.489 e. The lowest BCUT2D eigenvalue weighted by atomic mass is 10.2. The van der Waals surface area contributed by atoms with Crippen molar-refractivity contribution in [3.8, 4) is 5.75 Å². The normalized spacial score (nSPS) is 23.3. The van der Waals surface area contributed by atoms with Crippen LogP contribution in [0.2, 0.25) is 0 Å². The molecule has 3 aliphatic heterocycles. The fourth-order valence-electron chi connectivity index (χ4n) is 4.81. The zero-order valence-electron chi connectivity index (χ0n) is 19.7. The fraction of sp³-hybridized carbons (Fsp3) is 0.696. The highest BCUT2D eigenvalue weighted by Crippen LogP contribution is 2.30. The number of carbonyl (C=O) groups is 1. The molecule has 3 aliphatic rings. The highest BCUT2D eigenvalue weighted by molar-refractivity contribution is 7.89. The van der Waals surface area contributed by atoms with E-state index in [1.165, 1.54) is 23.2 Å². The maximum absolute atomic E-state index is 13.1. The number of benzene rings is 1. The molecule has 1 amide bonds. The summed E-state index contributed by atoms with van der Waals surface area (Å²) in [6.45, 7) is 9.59. The maximum Gasteiger partial charge on any atom is 0.243 e. The number of amides is 1. The van der Waals surface area contributed by atoms with Gasteiger partial charge in [0.1, 0.15) is 5.75 Å². The number of sulfonamides is 1. The van der Waals surface area contributed by atoms with Crippen molar-refractivity contribution < 1.29 is 22.7 Å². The van der Waals surface area contributed by atoms with Crippen molar-refractivity contribution in [1.82, 2.24) is 14.1 Å². The van der Waals surface area contributed by atoms with Crippen LogP contribution in [0.15, 0.2) is 23.1 Å². The first-order chi connectivity index (χ1) is 15.8. The highest BCUT2D eigenvalue weighted by Gasteiger charge is 2.31. The summed E-state index contributed by atoms with van der Waals surface area (Å²) in [4.78, 5) is 17.8. The lowest BCUT2D eigenvalue weighted by Gasteiger charge is -2.26. The molecule has 3 fully saturated rings. The number of nitrogens with one attached hydrogen (secondary N) is 1. The van der Waals surface area contributed by atoms with Crippen LogP contribution in [0.5, 0.6) is 5.75 Å². The van der Waals surface area contributed by atoms with Crippen molar-refractivity contribution in [2.45, 2.75) is 50.2 Å². The van der Waals surface area contributed by atoms with E-state index in [0.29, 0.717) is 43.8 Å². The second-order valence-corrected chi connectivity index (χ2v) is 11.2. The van der Waals surface area contributed by atoms with Crippen LogP contribution in [0.1, 0.15) is 33.1 Å². The molecule has 1 aromatic carbocycles. The molecule has 0 aliphatic carbocycles. The quantitative estimate of drug-likeness (QED) is 0.604. The molecule has 10 heteroatoms. The standard InChI is InChI=1S/C23H36N4O5S/c1-18(2)32-22-6-5-20(33(29,30)27-11-13-31-14-12-27)15-21(22)24-23(28)17-25-10-7-19(16-25)26-8-3-4-9-26/h5-6,15,18-19H,3-4,7-14,16-17H2,1-2H3,(H,24,28). The Labute approximate surface area is 197 Å². The van der Waals surface area contributed by atoms with Crippen molar-refractivity contribution in [3.05, 3.63) is 18.2 Å². The third-order valence-corrected chi connectivity index (χ3v) is 8.36. The number of anilines is 1. The first-order valence-electron chi connectivity index (χ1n) is 12.0. The molecule has 3 heterocycles. The number of morpholine rings is 1. The molecule has 0 aromatic heterocycles. The Bertz CT molecular complexity index is 927. The van der Waals surface area contributed by atoms with Gasteiger partial charge in [-0.3, -0.25) is 14.6 Å². The Morgan fingerprint density at radius 3 is 2.58 bits per heavy atom. The van der Waals surface area contributed by atoms with Crippen LogP contribution in [0, 0.1) is 0 Å². The summed E-state index contributed by atoms with van der Waals surface area (Å²) in [5.41, 5.74) is 0.387. The first kappa shape index (κ1) is 24.4. The summed E-state index contributed by atoms with van der Waals surface area (Å²) >= 11 is 0. The van der Waals surface area contributed by atoms with Crippen molar-refractivity contribution in [1.29, 1.82) is 0 Å². The average Bonchev–Trinajstić information content (AvgIpc) is 3.47. The van der Waals surface area contributed by atoms with E-state index in [9.17, 15) is 13.2 Å². The van der Waals surface area contributed by atoms with Crippen LogP contribution in [-0.4, -0.2) is 99.6 Å². The van der Waals surface area contributed by atoms with Gasteiger partial charge < -0.3 is 14.8 Å². The van der Waals surface area contributed by atoms with Crippen molar-refractivity contribution >= 4 is 21.6 Å². The second kappa shape index (κ2) is 10.7. The SMILES string of the molecule is CC(C)Oc1ccc(S(=O)(=O)N2CCOCC2)cc1NC(=O)CN1CCC(N2CCCC2)C1. The van der Waals surface area contributed by atoms with E-state index in [-0.39, 0.29) is 23.5 Å². The molecule has 4 rings (SSSR count). The van der Waals surface area contributed by atoms with E-state index in [4.69, 9.17) is 9.47 Å². The lowest BCUT2D eigenvalue weighted by Crippen LogP contribution is -2.40. The molecule has 1 unspecified atom stereocenters. The predicted octanol–water partition coefficient (Wildman–Crippen LogP) is 1.60. The van der Waals surface area contributed by atoms with Crippen LogP contribution in [0.3, 0.4) is 0 Å². The Morgan fingerprint density at radius 1 is 1.15 bits per heavy atom. The van der Waals surface area contributed by atoms with Gasteiger partial charge in [0.05, 0.1) is 36.4 Å². The molecular weight excluding hydrogens is 444 g/mol. The van der Waals surface area contributed by atoms with Gasteiger partial charge >= 0.3 is 0 Å². The first-order valence-corrected chi connectivity index (χ1v) is 13.4. The minimum absolute atomic E-state index is 0.109. The number of ether oxygens (including phenoxy) is 2. The number of nitrogens with zero attached hydrogens (tertiary/aromatic N) is 3. The number of hydrogen-bond acceptors (Lipinski definition) is 7. The smallest absolute Gasteiger partial charge is 0.243 e. The van der Waals surface area contributed by atoms with Gasteiger partial charge in [-0.15, -0.1) is 0 Å². The third-order valence-electron chi connectivity index (χ3n) is 6.47. The van der Waals surface area contributed by atoms with Gasteiger partial charge in [0, 0.05) is 32.2 Å². The monoisotopic (exact) mass is 480 g/mol. The third kappa shape index (κ3) is 6.05.